The van der Waals surface area contributed by atoms with Crippen molar-refractivity contribution in [1.29, 1.82) is 0 Å². The van der Waals surface area contributed by atoms with Crippen molar-refractivity contribution in [3.05, 3.63) is 23.3 Å². The van der Waals surface area contributed by atoms with Crippen molar-refractivity contribution in [1.82, 2.24) is 19.6 Å². The van der Waals surface area contributed by atoms with Crippen LogP contribution in [0.5, 0.6) is 0 Å². The number of hydrogen-bond acceptors (Lipinski definition) is 6. The zero-order valence-electron chi connectivity index (χ0n) is 53.7. The van der Waals surface area contributed by atoms with E-state index < -0.39 is 0 Å². The molecule has 0 heterocycles. The first-order valence-corrected chi connectivity index (χ1v) is 36.3. The molecule has 11 rings (SSSR count). The Morgan fingerprint density at radius 3 is 0.812 bits per heavy atom. The van der Waals surface area contributed by atoms with Crippen LogP contribution in [0.25, 0.3) is 0 Å². The van der Waals surface area contributed by atoms with Gasteiger partial charge in [-0.2, -0.15) is 0 Å². The van der Waals surface area contributed by atoms with Gasteiger partial charge in [0.2, 0.25) is 0 Å². The third-order valence-corrected chi connectivity index (χ3v) is 26.9. The molecule has 0 spiro atoms. The second-order valence-electron chi connectivity index (χ2n) is 31.9. The summed E-state index contributed by atoms with van der Waals surface area (Å²) in [5.41, 5.74) is 3.96. The van der Waals surface area contributed by atoms with Gasteiger partial charge in [0.1, 0.15) is 0 Å². The molecular weight excluding hydrogens is 977 g/mol. The number of ether oxygens (including phenoxy) is 2. The molecule has 0 N–H and O–H groups in total. The fourth-order valence-corrected chi connectivity index (χ4v) is 22.3. The summed E-state index contributed by atoms with van der Waals surface area (Å²) < 4.78 is 15.9. The summed E-state index contributed by atoms with van der Waals surface area (Å²) >= 11 is 0. The molecule has 11 saturated carbocycles. The lowest BCUT2D eigenvalue weighted by Crippen LogP contribution is -2.53. The molecule has 0 bridgehead atoms. The van der Waals surface area contributed by atoms with Gasteiger partial charge in [0.15, 0.2) is 0 Å². The number of fused-ring (bicyclic) bond motifs is 2. The standard InChI is InChI=1S/C74H128N4O2/c1-75(2)57-37-27-51(28-38-57)69(52-29-39-58(40-30-52)76(3)4)47-55-35-45-67(65-25-17-15-23-63(55)65)71-49-74(80-62-21-13-10-14-22-62)72(50-73(71)79-61-19-11-9-12-20-61)68-46-36-56(64-24-16-18-26-66(64)68)48-70(53-31-41-59(42-32-53)77(5)6)54-33-43-60(44-34-54)78(7)8/h47-48,51-68,71-74H,9-46,49-50H2,1-8H3. The first-order chi connectivity index (χ1) is 38.9. The molecule has 0 aromatic rings. The number of hydrogen-bond donors (Lipinski definition) is 0. The second-order valence-corrected chi connectivity index (χ2v) is 31.9. The average Bonchev–Trinajstić information content (AvgIpc) is 3.52. The Hall–Kier alpha value is -0.760. The molecule has 80 heavy (non-hydrogen) atoms. The van der Waals surface area contributed by atoms with Gasteiger partial charge in [-0.25, -0.2) is 0 Å². The van der Waals surface area contributed by atoms with Crippen LogP contribution in [0.3, 0.4) is 0 Å². The molecule has 12 atom stereocenters. The highest BCUT2D eigenvalue weighted by atomic mass is 16.5. The largest absolute Gasteiger partial charge is 0.375 e. The van der Waals surface area contributed by atoms with E-state index in [-0.39, 0.29) is 0 Å². The molecular formula is C74H128N4O2. The van der Waals surface area contributed by atoms with Crippen LogP contribution < -0.4 is 0 Å². The summed E-state index contributed by atoms with van der Waals surface area (Å²) in [6, 6.07) is 3.11. The van der Waals surface area contributed by atoms with Gasteiger partial charge in [0, 0.05) is 24.2 Å². The van der Waals surface area contributed by atoms with Crippen LogP contribution in [0.15, 0.2) is 23.3 Å². The number of rotatable bonds is 16. The Kier molecular flexibility index (Phi) is 22.0. The molecule has 12 unspecified atom stereocenters. The van der Waals surface area contributed by atoms with Crippen LogP contribution in [0, 0.1) is 82.9 Å². The van der Waals surface area contributed by atoms with Crippen molar-refractivity contribution < 1.29 is 9.47 Å². The van der Waals surface area contributed by atoms with E-state index >= 15 is 0 Å². The highest BCUT2D eigenvalue weighted by Crippen LogP contribution is 2.59. The summed E-state index contributed by atoms with van der Waals surface area (Å²) in [4.78, 5) is 10.2. The van der Waals surface area contributed by atoms with E-state index in [1.54, 1.807) is 0 Å². The first-order valence-electron chi connectivity index (χ1n) is 36.3. The summed E-state index contributed by atoms with van der Waals surface area (Å²) in [6.45, 7) is 0. The van der Waals surface area contributed by atoms with Crippen molar-refractivity contribution in [3.63, 3.8) is 0 Å². The van der Waals surface area contributed by atoms with Crippen LogP contribution in [0.2, 0.25) is 0 Å². The van der Waals surface area contributed by atoms with Crippen LogP contribution in [-0.2, 0) is 9.47 Å². The van der Waals surface area contributed by atoms with E-state index in [1.165, 1.54) is 257 Å². The van der Waals surface area contributed by atoms with Gasteiger partial charge in [-0.05, 0) is 332 Å². The van der Waals surface area contributed by atoms with Crippen molar-refractivity contribution >= 4 is 0 Å². The molecule has 456 valence electrons. The van der Waals surface area contributed by atoms with Gasteiger partial charge in [0.05, 0.1) is 24.4 Å². The van der Waals surface area contributed by atoms with Crippen LogP contribution in [0.1, 0.15) is 257 Å². The molecule has 0 aromatic carbocycles. The maximum Gasteiger partial charge on any atom is 0.0614 e. The smallest absolute Gasteiger partial charge is 0.0614 e. The summed E-state index contributed by atoms with van der Waals surface area (Å²) in [7, 11) is 18.7. The zero-order chi connectivity index (χ0) is 55.3. The quantitative estimate of drug-likeness (QED) is 0.143. The molecule has 0 saturated heterocycles. The Balaban J connectivity index is 0.870. The van der Waals surface area contributed by atoms with Crippen molar-refractivity contribution in [2.45, 2.75) is 305 Å². The number of nitrogens with zero attached hydrogens (tertiary/aromatic N) is 4. The lowest BCUT2D eigenvalue weighted by atomic mass is 9.52. The first kappa shape index (κ1) is 60.9. The molecule has 0 amide bonds. The van der Waals surface area contributed by atoms with Crippen molar-refractivity contribution in [2.24, 2.45) is 82.9 Å². The van der Waals surface area contributed by atoms with Gasteiger partial charge in [-0.15, -0.1) is 0 Å². The minimum absolute atomic E-state index is 0.434. The summed E-state index contributed by atoms with van der Waals surface area (Å²) in [5.74, 6) is 11.4. The molecule has 11 fully saturated rings. The molecule has 6 nitrogen and oxygen atoms in total. The van der Waals surface area contributed by atoms with Crippen molar-refractivity contribution in [3.8, 4) is 0 Å². The van der Waals surface area contributed by atoms with Crippen molar-refractivity contribution in [2.75, 3.05) is 56.4 Å². The maximum atomic E-state index is 7.94. The van der Waals surface area contributed by atoms with E-state index in [4.69, 9.17) is 9.47 Å². The van der Waals surface area contributed by atoms with Gasteiger partial charge < -0.3 is 29.1 Å². The lowest BCUT2D eigenvalue weighted by molar-refractivity contribution is -0.178. The molecule has 0 aliphatic heterocycles. The van der Waals surface area contributed by atoms with E-state index in [1.807, 2.05) is 11.1 Å². The van der Waals surface area contributed by atoms with Gasteiger partial charge in [-0.1, -0.05) is 87.5 Å². The fraction of sp³-hybridized carbons (Fsp3) is 0.946. The molecule has 0 aromatic heterocycles. The van der Waals surface area contributed by atoms with Gasteiger partial charge in [0.25, 0.3) is 0 Å². The molecule has 0 radical (unpaired) electrons. The fourth-order valence-electron chi connectivity index (χ4n) is 22.3. The highest BCUT2D eigenvalue weighted by Gasteiger charge is 2.54. The third kappa shape index (κ3) is 14.6. The SMILES string of the molecule is CN(C)C1CCC(C(=CC2CCC(C3CC(OC4CCCCC4)C(C4CCC(C=C(C5CCC(N(C)C)CC5)C5CCC(N(C)C)CC5)C5CCCCC54)CC3OC3CCCCC3)C3CCCCC23)C2CCC(N(C)C)CC2)CC1. The summed E-state index contributed by atoms with van der Waals surface area (Å²) in [6.07, 6.45) is 64.5. The van der Waals surface area contributed by atoms with Gasteiger partial charge >= 0.3 is 0 Å². The van der Waals surface area contributed by atoms with Crippen LogP contribution >= 0.6 is 0 Å². The normalized spacial score (nSPS) is 43.0. The topological polar surface area (TPSA) is 31.4 Å². The average molecular weight is 1110 g/mol. The minimum atomic E-state index is 0.434. The monoisotopic (exact) mass is 1110 g/mol. The molecule has 11 aliphatic carbocycles. The van der Waals surface area contributed by atoms with E-state index in [0.29, 0.717) is 36.3 Å². The van der Waals surface area contributed by atoms with Gasteiger partial charge in [-0.3, -0.25) is 0 Å². The highest BCUT2D eigenvalue weighted by molar-refractivity contribution is 5.19. The Morgan fingerprint density at radius 1 is 0.263 bits per heavy atom. The number of allylic oxidation sites excluding steroid dienone is 4. The van der Waals surface area contributed by atoms with E-state index in [0.717, 1.165) is 95.2 Å². The Morgan fingerprint density at radius 2 is 0.525 bits per heavy atom. The predicted octanol–water partition coefficient (Wildman–Crippen LogP) is 17.4. The van der Waals surface area contributed by atoms with E-state index in [2.05, 4.69) is 88.1 Å². The Bertz CT molecular complexity index is 1700. The lowest BCUT2D eigenvalue weighted by Gasteiger charge is -2.56. The Labute approximate surface area is 494 Å². The maximum absolute atomic E-state index is 7.94. The predicted molar refractivity (Wildman–Crippen MR) is 337 cm³/mol. The third-order valence-electron chi connectivity index (χ3n) is 26.9. The molecule has 6 heteroatoms. The second kappa shape index (κ2) is 28.8. The zero-order valence-corrected chi connectivity index (χ0v) is 53.7. The molecule has 11 aliphatic rings. The van der Waals surface area contributed by atoms with Crippen LogP contribution in [-0.4, -0.2) is 125 Å². The van der Waals surface area contributed by atoms with E-state index in [9.17, 15) is 0 Å². The summed E-state index contributed by atoms with van der Waals surface area (Å²) in [5, 5.41) is 0. The van der Waals surface area contributed by atoms with Crippen LogP contribution in [0.4, 0.5) is 0 Å². The minimum Gasteiger partial charge on any atom is -0.375 e.